The fourth-order valence-electron chi connectivity index (χ4n) is 2.36. The van der Waals surface area contributed by atoms with Crippen LogP contribution in [0.5, 0.6) is 0 Å². The Kier molecular flexibility index (Phi) is 7.67. The highest BCUT2D eigenvalue weighted by Crippen LogP contribution is 2.05. The van der Waals surface area contributed by atoms with Crippen LogP contribution >= 0.6 is 0 Å². The van der Waals surface area contributed by atoms with Gasteiger partial charge >= 0.3 is 0 Å². The third-order valence-corrected chi connectivity index (χ3v) is 3.92. The number of pyridine rings is 1. The maximum Gasteiger partial charge on any atom is 0.274 e. The summed E-state index contributed by atoms with van der Waals surface area (Å²) in [7, 11) is 0. The van der Waals surface area contributed by atoms with E-state index in [1.807, 2.05) is 19.1 Å². The minimum absolute atomic E-state index is 0.0916. The molecular formula is C19H25N5O2. The van der Waals surface area contributed by atoms with Crippen molar-refractivity contribution in [1.29, 1.82) is 0 Å². The molecule has 7 nitrogen and oxygen atoms in total. The SMILES string of the molecule is CCCCN(CCC(=O)NCc1ccncc1)C(=O)c1cnc(C)cn1. The molecule has 0 saturated carbocycles. The lowest BCUT2D eigenvalue weighted by Gasteiger charge is -2.22. The van der Waals surface area contributed by atoms with Crippen LogP contribution in [-0.4, -0.2) is 44.8 Å². The van der Waals surface area contributed by atoms with E-state index in [9.17, 15) is 9.59 Å². The van der Waals surface area contributed by atoms with E-state index in [2.05, 4.69) is 27.2 Å². The normalized spacial score (nSPS) is 10.4. The molecule has 2 aromatic heterocycles. The van der Waals surface area contributed by atoms with Crippen LogP contribution in [0.1, 0.15) is 47.9 Å². The third-order valence-electron chi connectivity index (χ3n) is 3.92. The molecule has 0 bridgehead atoms. The van der Waals surface area contributed by atoms with Gasteiger partial charge in [0.15, 0.2) is 0 Å². The van der Waals surface area contributed by atoms with Crippen molar-refractivity contribution in [1.82, 2.24) is 25.2 Å². The number of rotatable bonds is 9. The molecule has 7 heteroatoms. The summed E-state index contributed by atoms with van der Waals surface area (Å²) in [5.74, 6) is -0.279. The molecule has 26 heavy (non-hydrogen) atoms. The van der Waals surface area contributed by atoms with Crippen molar-refractivity contribution < 1.29 is 9.59 Å². The highest BCUT2D eigenvalue weighted by Gasteiger charge is 2.18. The minimum Gasteiger partial charge on any atom is -0.352 e. The lowest BCUT2D eigenvalue weighted by Crippen LogP contribution is -2.36. The Labute approximate surface area is 153 Å². The van der Waals surface area contributed by atoms with Gasteiger partial charge < -0.3 is 10.2 Å². The van der Waals surface area contributed by atoms with E-state index in [-0.39, 0.29) is 18.2 Å². The quantitative estimate of drug-likeness (QED) is 0.744. The molecule has 0 fully saturated rings. The fraction of sp³-hybridized carbons (Fsp3) is 0.421. The van der Waals surface area contributed by atoms with Gasteiger partial charge in [0.2, 0.25) is 5.91 Å². The standard InChI is InChI=1S/C19H25N5O2/c1-3-4-10-24(19(26)17-14-21-15(2)12-22-17)11-7-18(25)23-13-16-5-8-20-9-6-16/h5-6,8-9,12,14H,3-4,7,10-11,13H2,1-2H3,(H,23,25). The van der Waals surface area contributed by atoms with Crippen LogP contribution in [0.4, 0.5) is 0 Å². The number of hydrogen-bond acceptors (Lipinski definition) is 5. The summed E-state index contributed by atoms with van der Waals surface area (Å²) in [4.78, 5) is 38.6. The maximum atomic E-state index is 12.6. The summed E-state index contributed by atoms with van der Waals surface area (Å²) in [6, 6.07) is 3.71. The van der Waals surface area contributed by atoms with Crippen LogP contribution in [-0.2, 0) is 11.3 Å². The van der Waals surface area contributed by atoms with E-state index in [4.69, 9.17) is 0 Å². The summed E-state index contributed by atoms with van der Waals surface area (Å²) in [6.45, 7) is 5.30. The van der Waals surface area contributed by atoms with Gasteiger partial charge in [-0.1, -0.05) is 13.3 Å². The molecule has 0 unspecified atom stereocenters. The van der Waals surface area contributed by atoms with Gasteiger partial charge in [-0.05, 0) is 31.0 Å². The van der Waals surface area contributed by atoms with Crippen molar-refractivity contribution in [3.05, 3.63) is 53.9 Å². The monoisotopic (exact) mass is 355 g/mol. The Morgan fingerprint density at radius 1 is 1.12 bits per heavy atom. The largest absolute Gasteiger partial charge is 0.352 e. The number of aromatic nitrogens is 3. The number of carbonyl (C=O) groups excluding carboxylic acids is 2. The first kappa shape index (κ1) is 19.5. The second-order valence-corrected chi connectivity index (χ2v) is 6.07. The lowest BCUT2D eigenvalue weighted by molar-refractivity contribution is -0.121. The second kappa shape index (κ2) is 10.2. The first-order valence-electron chi connectivity index (χ1n) is 8.83. The van der Waals surface area contributed by atoms with Crippen LogP contribution < -0.4 is 5.32 Å². The van der Waals surface area contributed by atoms with Gasteiger partial charge in [0.25, 0.3) is 5.91 Å². The number of amides is 2. The van der Waals surface area contributed by atoms with Crippen molar-refractivity contribution in [2.24, 2.45) is 0 Å². The number of unbranched alkanes of at least 4 members (excludes halogenated alkanes) is 1. The van der Waals surface area contributed by atoms with Crippen LogP contribution in [0.3, 0.4) is 0 Å². The molecule has 2 rings (SSSR count). The molecule has 0 aliphatic carbocycles. The molecular weight excluding hydrogens is 330 g/mol. The first-order chi connectivity index (χ1) is 12.6. The number of hydrogen-bond donors (Lipinski definition) is 1. The third kappa shape index (κ3) is 6.23. The summed E-state index contributed by atoms with van der Waals surface area (Å²) >= 11 is 0. The fourth-order valence-corrected chi connectivity index (χ4v) is 2.36. The highest BCUT2D eigenvalue weighted by molar-refractivity contribution is 5.92. The smallest absolute Gasteiger partial charge is 0.274 e. The van der Waals surface area contributed by atoms with E-state index in [1.165, 1.54) is 6.20 Å². The molecule has 0 radical (unpaired) electrons. The lowest BCUT2D eigenvalue weighted by atomic mass is 10.2. The molecule has 2 heterocycles. The zero-order chi connectivity index (χ0) is 18.8. The Bertz CT molecular complexity index is 704. The Hall–Kier alpha value is -2.83. The molecule has 0 atom stereocenters. The zero-order valence-electron chi connectivity index (χ0n) is 15.3. The van der Waals surface area contributed by atoms with Crippen LogP contribution in [0.25, 0.3) is 0 Å². The average molecular weight is 355 g/mol. The molecule has 0 aliphatic heterocycles. The molecule has 0 spiro atoms. The van der Waals surface area contributed by atoms with E-state index >= 15 is 0 Å². The van der Waals surface area contributed by atoms with E-state index < -0.39 is 0 Å². The number of aryl methyl sites for hydroxylation is 1. The average Bonchev–Trinajstić information content (AvgIpc) is 2.67. The molecule has 0 aliphatic rings. The van der Waals surface area contributed by atoms with Gasteiger partial charge in [0.05, 0.1) is 11.9 Å². The Balaban J connectivity index is 1.89. The highest BCUT2D eigenvalue weighted by atomic mass is 16.2. The summed E-state index contributed by atoms with van der Waals surface area (Å²) < 4.78 is 0. The molecule has 0 saturated heterocycles. The molecule has 1 N–H and O–H groups in total. The van der Waals surface area contributed by atoms with Crippen LogP contribution in [0.2, 0.25) is 0 Å². The summed E-state index contributed by atoms with van der Waals surface area (Å²) in [6.07, 6.45) is 8.54. The van der Waals surface area contributed by atoms with Crippen molar-refractivity contribution in [3.63, 3.8) is 0 Å². The number of nitrogens with one attached hydrogen (secondary N) is 1. The number of carbonyl (C=O) groups is 2. The van der Waals surface area contributed by atoms with Gasteiger partial charge in [0, 0.05) is 44.6 Å². The van der Waals surface area contributed by atoms with Crippen molar-refractivity contribution in [2.45, 2.75) is 39.7 Å². The van der Waals surface area contributed by atoms with Crippen LogP contribution in [0.15, 0.2) is 36.9 Å². The van der Waals surface area contributed by atoms with E-state index in [0.717, 1.165) is 24.1 Å². The van der Waals surface area contributed by atoms with Crippen LogP contribution in [0, 0.1) is 6.92 Å². The minimum atomic E-state index is -0.187. The zero-order valence-corrected chi connectivity index (χ0v) is 15.3. The molecule has 2 amide bonds. The second-order valence-electron chi connectivity index (χ2n) is 6.07. The predicted molar refractivity (Wildman–Crippen MR) is 98.3 cm³/mol. The van der Waals surface area contributed by atoms with Crippen molar-refractivity contribution in [2.75, 3.05) is 13.1 Å². The number of nitrogens with zero attached hydrogens (tertiary/aromatic N) is 4. The van der Waals surface area contributed by atoms with E-state index in [1.54, 1.807) is 23.5 Å². The Morgan fingerprint density at radius 3 is 2.54 bits per heavy atom. The van der Waals surface area contributed by atoms with Gasteiger partial charge in [-0.2, -0.15) is 0 Å². The first-order valence-corrected chi connectivity index (χ1v) is 8.83. The van der Waals surface area contributed by atoms with E-state index in [0.29, 0.717) is 25.3 Å². The van der Waals surface area contributed by atoms with Gasteiger partial charge in [0.1, 0.15) is 5.69 Å². The van der Waals surface area contributed by atoms with Crippen molar-refractivity contribution >= 4 is 11.8 Å². The predicted octanol–water partition coefficient (Wildman–Crippen LogP) is 2.13. The Morgan fingerprint density at radius 2 is 1.88 bits per heavy atom. The molecule has 0 aromatic carbocycles. The van der Waals surface area contributed by atoms with Gasteiger partial charge in [-0.25, -0.2) is 4.98 Å². The van der Waals surface area contributed by atoms with Gasteiger partial charge in [-0.15, -0.1) is 0 Å². The van der Waals surface area contributed by atoms with Gasteiger partial charge in [-0.3, -0.25) is 19.6 Å². The summed E-state index contributed by atoms with van der Waals surface area (Å²) in [5, 5.41) is 2.86. The maximum absolute atomic E-state index is 12.6. The van der Waals surface area contributed by atoms with Crippen molar-refractivity contribution in [3.8, 4) is 0 Å². The topological polar surface area (TPSA) is 88.1 Å². The molecule has 2 aromatic rings. The summed E-state index contributed by atoms with van der Waals surface area (Å²) in [5.41, 5.74) is 2.06. The molecule has 138 valence electrons.